The maximum absolute atomic E-state index is 11.8. The Bertz CT molecular complexity index is 370. The van der Waals surface area contributed by atoms with Crippen LogP contribution in [-0.2, 0) is 19.7 Å². The average molecular weight is 294 g/mol. The second-order valence-electron chi connectivity index (χ2n) is 3.24. The lowest BCUT2D eigenvalue weighted by Gasteiger charge is -2.15. The number of methoxy groups -OCH3 is 1. The van der Waals surface area contributed by atoms with Crippen molar-refractivity contribution in [3.8, 4) is 0 Å². The summed E-state index contributed by atoms with van der Waals surface area (Å²) < 4.78 is 65.1. The van der Waals surface area contributed by atoms with E-state index in [1.165, 1.54) is 4.72 Å². The summed E-state index contributed by atoms with van der Waals surface area (Å²) >= 11 is 0. The number of nitrogens with one attached hydrogen (secondary N) is 2. The predicted octanol–water partition coefficient (Wildman–Crippen LogP) is -0.538. The molecule has 0 aromatic heterocycles. The van der Waals surface area contributed by atoms with Crippen LogP contribution < -0.4 is 9.44 Å². The van der Waals surface area contributed by atoms with Crippen LogP contribution in [-0.4, -0.2) is 52.0 Å². The van der Waals surface area contributed by atoms with E-state index in [-0.39, 0.29) is 0 Å². The highest BCUT2D eigenvalue weighted by Crippen LogP contribution is 2.12. The van der Waals surface area contributed by atoms with Gasteiger partial charge in [-0.05, 0) is 0 Å². The van der Waals surface area contributed by atoms with Gasteiger partial charge in [0, 0.05) is 13.7 Å². The maximum atomic E-state index is 11.8. The summed E-state index contributed by atoms with van der Waals surface area (Å²) in [5, 5.41) is 8.43. The zero-order valence-corrected chi connectivity index (χ0v) is 10.1. The Morgan fingerprint density at radius 2 is 1.94 bits per heavy atom. The summed E-state index contributed by atoms with van der Waals surface area (Å²) in [7, 11) is -3.19. The standard InChI is InChI=1S/C7H13F3N2O5S/c1-17-5(2-6(13)14)3-11-18(15,16)12-4-7(8,9)10/h5,11-12H,2-4H2,1H3,(H,13,14). The molecule has 0 spiro atoms. The second kappa shape index (κ2) is 6.87. The number of aliphatic carboxylic acids is 1. The molecular weight excluding hydrogens is 281 g/mol. The Hall–Kier alpha value is -0.910. The molecule has 0 radical (unpaired) electrons. The first-order valence-corrected chi connectivity index (χ1v) is 6.09. The van der Waals surface area contributed by atoms with Crippen LogP contribution in [0, 0.1) is 0 Å². The number of halogens is 3. The number of rotatable bonds is 8. The minimum absolute atomic E-state index is 0.448. The van der Waals surface area contributed by atoms with Crippen molar-refractivity contribution in [2.24, 2.45) is 0 Å². The zero-order valence-electron chi connectivity index (χ0n) is 9.32. The Labute approximate surface area is 101 Å². The molecule has 3 N–H and O–H groups in total. The van der Waals surface area contributed by atoms with Gasteiger partial charge >= 0.3 is 12.1 Å². The van der Waals surface area contributed by atoms with Gasteiger partial charge in [0.1, 0.15) is 6.54 Å². The highest BCUT2D eigenvalue weighted by molar-refractivity contribution is 7.87. The first-order chi connectivity index (χ1) is 8.06. The Balaban J connectivity index is 4.20. The SMILES string of the molecule is COC(CNS(=O)(=O)NCC(F)(F)F)CC(=O)O. The van der Waals surface area contributed by atoms with Gasteiger partial charge in [0.25, 0.3) is 10.2 Å². The lowest BCUT2D eigenvalue weighted by atomic mass is 10.2. The normalized spacial score (nSPS) is 14.4. The highest BCUT2D eigenvalue weighted by atomic mass is 32.2. The van der Waals surface area contributed by atoms with E-state index in [0.29, 0.717) is 0 Å². The second-order valence-corrected chi connectivity index (χ2v) is 4.83. The van der Waals surface area contributed by atoms with E-state index in [4.69, 9.17) is 5.11 Å². The fourth-order valence-electron chi connectivity index (χ4n) is 0.864. The maximum Gasteiger partial charge on any atom is 0.402 e. The molecule has 0 aliphatic carbocycles. The van der Waals surface area contributed by atoms with Gasteiger partial charge in [-0.2, -0.15) is 31.0 Å². The van der Waals surface area contributed by atoms with Gasteiger partial charge in [0.2, 0.25) is 0 Å². The molecular formula is C7H13F3N2O5S. The predicted molar refractivity (Wildman–Crippen MR) is 54.0 cm³/mol. The van der Waals surface area contributed by atoms with Crippen molar-refractivity contribution in [1.29, 1.82) is 0 Å². The molecule has 1 unspecified atom stereocenters. The van der Waals surface area contributed by atoms with E-state index in [1.54, 1.807) is 4.72 Å². The Morgan fingerprint density at radius 3 is 2.33 bits per heavy atom. The van der Waals surface area contributed by atoms with Crippen molar-refractivity contribution in [3.63, 3.8) is 0 Å². The third-order valence-corrected chi connectivity index (χ3v) is 2.77. The van der Waals surface area contributed by atoms with Crippen LogP contribution in [0.25, 0.3) is 0 Å². The summed E-state index contributed by atoms with van der Waals surface area (Å²) in [6.45, 7) is -2.16. The van der Waals surface area contributed by atoms with Crippen LogP contribution in [0.1, 0.15) is 6.42 Å². The summed E-state index contributed by atoms with van der Waals surface area (Å²) in [6, 6.07) is 0. The molecule has 0 bridgehead atoms. The molecule has 0 aliphatic rings. The Morgan fingerprint density at radius 1 is 1.39 bits per heavy atom. The van der Waals surface area contributed by atoms with E-state index < -0.39 is 48.0 Å². The topological polar surface area (TPSA) is 105 Å². The van der Waals surface area contributed by atoms with Gasteiger partial charge in [0.15, 0.2) is 0 Å². The van der Waals surface area contributed by atoms with E-state index in [0.717, 1.165) is 7.11 Å². The quantitative estimate of drug-likeness (QED) is 0.558. The van der Waals surface area contributed by atoms with Gasteiger partial charge in [-0.25, -0.2) is 0 Å². The molecule has 0 aliphatic heterocycles. The first kappa shape index (κ1) is 17.1. The molecule has 0 amide bonds. The zero-order chi connectivity index (χ0) is 14.4. The van der Waals surface area contributed by atoms with Crippen molar-refractivity contribution < 1.29 is 36.2 Å². The van der Waals surface area contributed by atoms with E-state index in [2.05, 4.69) is 4.74 Å². The fourth-order valence-corrected chi connectivity index (χ4v) is 1.73. The number of hydrogen-bond acceptors (Lipinski definition) is 4. The molecule has 0 heterocycles. The number of hydrogen-bond donors (Lipinski definition) is 3. The number of carboxylic acids is 1. The van der Waals surface area contributed by atoms with Gasteiger partial charge < -0.3 is 9.84 Å². The molecule has 0 rings (SSSR count). The number of carboxylic acid groups (broad SMARTS) is 1. The molecule has 0 aromatic rings. The van der Waals surface area contributed by atoms with Gasteiger partial charge in [0.05, 0.1) is 12.5 Å². The fraction of sp³-hybridized carbons (Fsp3) is 0.857. The summed E-state index contributed by atoms with van der Waals surface area (Å²) in [6.07, 6.45) is -6.11. The van der Waals surface area contributed by atoms with E-state index in [1.807, 2.05) is 0 Å². The molecule has 1 atom stereocenters. The highest BCUT2D eigenvalue weighted by Gasteiger charge is 2.29. The third-order valence-electron chi connectivity index (χ3n) is 1.70. The minimum atomic E-state index is -4.67. The van der Waals surface area contributed by atoms with Crippen LogP contribution in [0.3, 0.4) is 0 Å². The van der Waals surface area contributed by atoms with E-state index in [9.17, 15) is 26.4 Å². The van der Waals surface area contributed by atoms with Crippen molar-refractivity contribution in [3.05, 3.63) is 0 Å². The summed E-state index contributed by atoms with van der Waals surface area (Å²) in [5.74, 6) is -1.22. The van der Waals surface area contributed by atoms with Crippen molar-refractivity contribution in [2.45, 2.75) is 18.7 Å². The van der Waals surface area contributed by atoms with Crippen LogP contribution in [0.2, 0.25) is 0 Å². The Kier molecular flexibility index (Phi) is 6.52. The number of ether oxygens (including phenoxy) is 1. The van der Waals surface area contributed by atoms with Gasteiger partial charge in [-0.1, -0.05) is 0 Å². The minimum Gasteiger partial charge on any atom is -0.481 e. The smallest absolute Gasteiger partial charge is 0.402 e. The van der Waals surface area contributed by atoms with Gasteiger partial charge in [-0.3, -0.25) is 4.79 Å². The van der Waals surface area contributed by atoms with Crippen molar-refractivity contribution >= 4 is 16.2 Å². The molecule has 0 saturated carbocycles. The van der Waals surface area contributed by atoms with Crippen molar-refractivity contribution in [1.82, 2.24) is 9.44 Å². The molecule has 0 saturated heterocycles. The third kappa shape index (κ3) is 9.15. The summed E-state index contributed by atoms with van der Waals surface area (Å²) in [4.78, 5) is 10.3. The van der Waals surface area contributed by atoms with Crippen LogP contribution >= 0.6 is 0 Å². The average Bonchev–Trinajstić information content (AvgIpc) is 2.20. The summed E-state index contributed by atoms with van der Waals surface area (Å²) in [5.41, 5.74) is 0. The van der Waals surface area contributed by atoms with E-state index >= 15 is 0 Å². The van der Waals surface area contributed by atoms with Crippen LogP contribution in [0.5, 0.6) is 0 Å². The van der Waals surface area contributed by atoms with Crippen LogP contribution in [0.4, 0.5) is 13.2 Å². The molecule has 0 aromatic carbocycles. The molecule has 18 heavy (non-hydrogen) atoms. The first-order valence-electron chi connectivity index (χ1n) is 4.61. The number of alkyl halides is 3. The number of carbonyl (C=O) groups is 1. The van der Waals surface area contributed by atoms with Crippen molar-refractivity contribution in [2.75, 3.05) is 20.2 Å². The van der Waals surface area contributed by atoms with Gasteiger partial charge in [-0.15, -0.1) is 0 Å². The molecule has 7 nitrogen and oxygen atoms in total. The lowest BCUT2D eigenvalue weighted by Crippen LogP contribution is -2.44. The monoisotopic (exact) mass is 294 g/mol. The molecule has 11 heteroatoms. The largest absolute Gasteiger partial charge is 0.481 e. The van der Waals surface area contributed by atoms with Crippen LogP contribution in [0.15, 0.2) is 0 Å². The lowest BCUT2D eigenvalue weighted by molar-refractivity contribution is -0.139. The molecule has 0 fully saturated rings. The molecule has 108 valence electrons.